The average Bonchev–Trinajstić information content (AvgIpc) is 3.00. The predicted octanol–water partition coefficient (Wildman–Crippen LogP) is 0.699. The van der Waals surface area contributed by atoms with Gasteiger partial charge in [0.1, 0.15) is 11.5 Å². The van der Waals surface area contributed by atoms with Crippen LogP contribution >= 0.6 is 0 Å². The first-order valence-electron chi connectivity index (χ1n) is 6.93. The number of anilines is 1. The molecule has 0 atom stereocenters. The maximum absolute atomic E-state index is 12.9. The van der Waals surface area contributed by atoms with Crippen molar-refractivity contribution in [1.82, 2.24) is 19.7 Å². The number of pyridine rings is 1. The minimum atomic E-state index is -0.718. The van der Waals surface area contributed by atoms with Crippen LogP contribution in [0.25, 0.3) is 0 Å². The first-order chi connectivity index (χ1) is 11.5. The molecule has 0 aliphatic rings. The van der Waals surface area contributed by atoms with Crippen molar-refractivity contribution < 1.29 is 9.18 Å². The standard InChI is InChI=1S/C15H12FN5O3/c16-10-5-3-9(4-6-10)8-21-7-1-2-11(14(21)23)17-13(22)12-18-15(24)20-19-12/h1-7H,8H2,(H,17,22)(H2,18,19,20,24). The SMILES string of the molecule is O=C(Nc1cccn(Cc2ccc(F)cc2)c1=O)c1n[nH]c(=O)[nH]1. The van der Waals surface area contributed by atoms with Gasteiger partial charge in [0.2, 0.25) is 5.82 Å². The summed E-state index contributed by atoms with van der Waals surface area (Å²) >= 11 is 0. The molecule has 2 aromatic heterocycles. The number of carbonyl (C=O) groups is 1. The number of nitrogens with zero attached hydrogens (tertiary/aromatic N) is 2. The van der Waals surface area contributed by atoms with Crippen LogP contribution in [0, 0.1) is 5.82 Å². The first-order valence-corrected chi connectivity index (χ1v) is 6.93. The molecule has 0 spiro atoms. The summed E-state index contributed by atoms with van der Waals surface area (Å²) in [5, 5.41) is 7.94. The Hall–Kier alpha value is -3.49. The summed E-state index contributed by atoms with van der Waals surface area (Å²) in [6.07, 6.45) is 1.55. The van der Waals surface area contributed by atoms with Crippen LogP contribution in [-0.4, -0.2) is 25.7 Å². The van der Waals surface area contributed by atoms with Gasteiger partial charge in [-0.05, 0) is 29.8 Å². The number of aromatic amines is 2. The summed E-state index contributed by atoms with van der Waals surface area (Å²) in [7, 11) is 0. The second-order valence-corrected chi connectivity index (χ2v) is 4.96. The lowest BCUT2D eigenvalue weighted by Gasteiger charge is -2.08. The molecule has 9 heteroatoms. The highest BCUT2D eigenvalue weighted by atomic mass is 19.1. The Labute approximate surface area is 134 Å². The van der Waals surface area contributed by atoms with E-state index in [2.05, 4.69) is 20.5 Å². The van der Waals surface area contributed by atoms with Gasteiger partial charge in [0.15, 0.2) is 0 Å². The molecule has 3 rings (SSSR count). The Morgan fingerprint density at radius 2 is 1.96 bits per heavy atom. The summed E-state index contributed by atoms with van der Waals surface area (Å²) in [6, 6.07) is 8.78. The molecular formula is C15H12FN5O3. The van der Waals surface area contributed by atoms with Crippen LogP contribution in [0.1, 0.15) is 16.2 Å². The molecule has 0 radical (unpaired) electrons. The maximum Gasteiger partial charge on any atom is 0.341 e. The summed E-state index contributed by atoms with van der Waals surface area (Å²) in [5.41, 5.74) is -0.290. The summed E-state index contributed by atoms with van der Waals surface area (Å²) in [4.78, 5) is 37.5. The van der Waals surface area contributed by atoms with E-state index >= 15 is 0 Å². The molecule has 0 aliphatic heterocycles. The van der Waals surface area contributed by atoms with Gasteiger partial charge in [-0.25, -0.2) is 14.3 Å². The zero-order valence-corrected chi connectivity index (χ0v) is 12.2. The van der Waals surface area contributed by atoms with E-state index in [1.165, 1.54) is 22.8 Å². The molecule has 1 amide bonds. The van der Waals surface area contributed by atoms with E-state index in [9.17, 15) is 18.8 Å². The van der Waals surface area contributed by atoms with Crippen molar-refractivity contribution in [2.24, 2.45) is 0 Å². The Balaban J connectivity index is 1.83. The van der Waals surface area contributed by atoms with Crippen LogP contribution < -0.4 is 16.6 Å². The van der Waals surface area contributed by atoms with E-state index in [0.717, 1.165) is 5.56 Å². The Kier molecular flexibility index (Phi) is 4.06. The van der Waals surface area contributed by atoms with E-state index in [-0.39, 0.29) is 23.9 Å². The number of hydrogen-bond donors (Lipinski definition) is 3. The molecule has 3 aromatic rings. The van der Waals surface area contributed by atoms with Crippen molar-refractivity contribution in [3.63, 3.8) is 0 Å². The number of rotatable bonds is 4. The van der Waals surface area contributed by atoms with Gasteiger partial charge in [-0.15, -0.1) is 5.10 Å². The molecule has 0 bridgehead atoms. The number of hydrogen-bond acceptors (Lipinski definition) is 4. The van der Waals surface area contributed by atoms with Crippen molar-refractivity contribution >= 4 is 11.6 Å². The van der Waals surface area contributed by atoms with Gasteiger partial charge in [-0.1, -0.05) is 12.1 Å². The fourth-order valence-corrected chi connectivity index (χ4v) is 2.10. The normalized spacial score (nSPS) is 10.5. The second kappa shape index (κ2) is 6.32. The topological polar surface area (TPSA) is 113 Å². The second-order valence-electron chi connectivity index (χ2n) is 4.96. The highest BCUT2D eigenvalue weighted by molar-refractivity contribution is 6.01. The molecule has 0 saturated heterocycles. The van der Waals surface area contributed by atoms with Crippen LogP contribution in [0.15, 0.2) is 52.2 Å². The van der Waals surface area contributed by atoms with E-state index in [1.807, 2.05) is 0 Å². The Morgan fingerprint density at radius 1 is 1.21 bits per heavy atom. The lowest BCUT2D eigenvalue weighted by molar-refractivity contribution is 0.101. The van der Waals surface area contributed by atoms with Gasteiger partial charge in [-0.2, -0.15) is 0 Å². The maximum atomic E-state index is 12.9. The molecule has 0 unspecified atom stereocenters. The molecule has 0 fully saturated rings. The van der Waals surface area contributed by atoms with Crippen LogP contribution in [0.5, 0.6) is 0 Å². The Morgan fingerprint density at radius 3 is 2.62 bits per heavy atom. The third-order valence-corrected chi connectivity index (χ3v) is 3.25. The van der Waals surface area contributed by atoms with Gasteiger partial charge in [0.25, 0.3) is 11.5 Å². The van der Waals surface area contributed by atoms with E-state index < -0.39 is 17.2 Å². The number of H-pyrrole nitrogens is 2. The van der Waals surface area contributed by atoms with Gasteiger partial charge in [-0.3, -0.25) is 14.6 Å². The highest BCUT2D eigenvalue weighted by Crippen LogP contribution is 2.06. The van der Waals surface area contributed by atoms with Gasteiger partial charge in [0, 0.05) is 6.20 Å². The van der Waals surface area contributed by atoms with Gasteiger partial charge in [0.05, 0.1) is 6.54 Å². The van der Waals surface area contributed by atoms with Crippen molar-refractivity contribution in [1.29, 1.82) is 0 Å². The molecule has 1 aromatic carbocycles. The summed E-state index contributed by atoms with van der Waals surface area (Å²) < 4.78 is 14.3. The van der Waals surface area contributed by atoms with Gasteiger partial charge < -0.3 is 9.88 Å². The largest absolute Gasteiger partial charge is 0.341 e. The molecular weight excluding hydrogens is 317 g/mol. The minimum absolute atomic E-state index is 0.0356. The predicted molar refractivity (Wildman–Crippen MR) is 83.4 cm³/mol. The number of aromatic nitrogens is 4. The zero-order valence-electron chi connectivity index (χ0n) is 12.2. The smallest absolute Gasteiger partial charge is 0.315 e. The molecule has 0 aliphatic carbocycles. The van der Waals surface area contributed by atoms with Crippen LogP contribution in [0.2, 0.25) is 0 Å². The van der Waals surface area contributed by atoms with Crippen molar-refractivity contribution in [2.75, 3.05) is 5.32 Å². The summed E-state index contributed by atoms with van der Waals surface area (Å²) in [5.74, 6) is -1.31. The molecule has 2 heterocycles. The number of benzene rings is 1. The molecule has 122 valence electrons. The highest BCUT2D eigenvalue weighted by Gasteiger charge is 2.13. The number of nitrogens with one attached hydrogen (secondary N) is 3. The number of carbonyl (C=O) groups excluding carboxylic acids is 1. The van der Waals surface area contributed by atoms with Crippen LogP contribution in [0.4, 0.5) is 10.1 Å². The fourth-order valence-electron chi connectivity index (χ4n) is 2.10. The van der Waals surface area contributed by atoms with Crippen molar-refractivity contribution in [3.05, 3.63) is 80.6 Å². The summed E-state index contributed by atoms with van der Waals surface area (Å²) in [6.45, 7) is 0.224. The molecule has 24 heavy (non-hydrogen) atoms. The number of amides is 1. The fraction of sp³-hybridized carbons (Fsp3) is 0.0667. The third-order valence-electron chi connectivity index (χ3n) is 3.25. The Bertz CT molecular complexity index is 987. The van der Waals surface area contributed by atoms with E-state index in [1.54, 1.807) is 24.4 Å². The quantitative estimate of drug-likeness (QED) is 0.654. The zero-order chi connectivity index (χ0) is 17.1. The van der Waals surface area contributed by atoms with E-state index in [4.69, 9.17) is 0 Å². The molecule has 0 saturated carbocycles. The lowest BCUT2D eigenvalue weighted by atomic mass is 10.2. The van der Waals surface area contributed by atoms with Gasteiger partial charge >= 0.3 is 5.69 Å². The minimum Gasteiger partial charge on any atom is -0.315 e. The molecule has 3 N–H and O–H groups in total. The average molecular weight is 329 g/mol. The van der Waals surface area contributed by atoms with E-state index in [0.29, 0.717) is 0 Å². The first kappa shape index (κ1) is 15.4. The molecule has 8 nitrogen and oxygen atoms in total. The van der Waals surface area contributed by atoms with Crippen LogP contribution in [0.3, 0.4) is 0 Å². The van der Waals surface area contributed by atoms with Crippen LogP contribution in [-0.2, 0) is 6.54 Å². The third kappa shape index (κ3) is 3.29. The van der Waals surface area contributed by atoms with Crippen molar-refractivity contribution in [2.45, 2.75) is 6.54 Å². The lowest BCUT2D eigenvalue weighted by Crippen LogP contribution is -2.26. The van der Waals surface area contributed by atoms with Crippen molar-refractivity contribution in [3.8, 4) is 0 Å². The monoisotopic (exact) mass is 329 g/mol. The number of halogens is 1.